The average Bonchev–Trinajstić information content (AvgIpc) is 3.01. The summed E-state index contributed by atoms with van der Waals surface area (Å²) in [5.74, 6) is 0.0731. The molecule has 1 aliphatic rings. The highest BCUT2D eigenvalue weighted by molar-refractivity contribution is 6.05. The Bertz CT molecular complexity index is 762. The first-order valence-electron chi connectivity index (χ1n) is 7.22. The smallest absolute Gasteiger partial charge is 0.261 e. The first-order chi connectivity index (χ1) is 10.5. The number of carbonyl (C=O) groups is 1. The molecule has 0 unspecified atom stereocenters. The Morgan fingerprint density at radius 1 is 1.41 bits per heavy atom. The van der Waals surface area contributed by atoms with Gasteiger partial charge in [0.15, 0.2) is 0 Å². The fraction of sp³-hybridized carbons (Fsp3) is 0.312. The number of aryl methyl sites for hydroxylation is 2. The van der Waals surface area contributed by atoms with Gasteiger partial charge in [-0.1, -0.05) is 12.1 Å². The Morgan fingerprint density at radius 2 is 2.23 bits per heavy atom. The summed E-state index contributed by atoms with van der Waals surface area (Å²) in [4.78, 5) is 12.0. The number of carbonyl (C=O) groups excluding carboxylic acids is 1. The molecule has 22 heavy (non-hydrogen) atoms. The Balaban J connectivity index is 1.69. The van der Waals surface area contributed by atoms with E-state index >= 15 is 0 Å². The van der Waals surface area contributed by atoms with E-state index in [4.69, 9.17) is 0 Å². The molecule has 0 radical (unpaired) electrons. The Morgan fingerprint density at radius 3 is 2.95 bits per heavy atom. The number of nitrogens with zero attached hydrogens (tertiary/aromatic N) is 3. The third-order valence-corrected chi connectivity index (χ3v) is 3.79. The quantitative estimate of drug-likeness (QED) is 0.846. The highest BCUT2D eigenvalue weighted by Gasteiger charge is 2.20. The van der Waals surface area contributed by atoms with Crippen LogP contribution < -0.4 is 5.43 Å². The van der Waals surface area contributed by atoms with Crippen molar-refractivity contribution >= 4 is 11.6 Å². The van der Waals surface area contributed by atoms with Crippen molar-refractivity contribution in [2.45, 2.75) is 33.2 Å². The van der Waals surface area contributed by atoms with Crippen molar-refractivity contribution in [2.75, 3.05) is 0 Å². The molecule has 1 aliphatic carbocycles. The van der Waals surface area contributed by atoms with Gasteiger partial charge >= 0.3 is 0 Å². The largest absolute Gasteiger partial charge is 0.508 e. The summed E-state index contributed by atoms with van der Waals surface area (Å²) in [5, 5.41) is 18.3. The molecule has 0 atom stereocenters. The van der Waals surface area contributed by atoms with Gasteiger partial charge in [0.2, 0.25) is 0 Å². The maximum Gasteiger partial charge on any atom is 0.261 e. The van der Waals surface area contributed by atoms with Crippen molar-refractivity contribution < 1.29 is 9.90 Å². The average molecular weight is 298 g/mol. The van der Waals surface area contributed by atoms with Gasteiger partial charge < -0.3 is 5.11 Å². The highest BCUT2D eigenvalue weighted by Crippen LogP contribution is 2.29. The summed E-state index contributed by atoms with van der Waals surface area (Å²) in [5.41, 5.74) is 7.01. The molecule has 0 saturated carbocycles. The first kappa shape index (κ1) is 14.3. The number of hydrogen-bond acceptors (Lipinski definition) is 4. The zero-order valence-corrected chi connectivity index (χ0v) is 12.6. The Hall–Kier alpha value is -2.63. The van der Waals surface area contributed by atoms with Crippen LogP contribution in [-0.4, -0.2) is 26.5 Å². The van der Waals surface area contributed by atoms with Crippen LogP contribution in [0.4, 0.5) is 0 Å². The lowest BCUT2D eigenvalue weighted by Crippen LogP contribution is -2.25. The van der Waals surface area contributed by atoms with E-state index < -0.39 is 0 Å². The van der Waals surface area contributed by atoms with Gasteiger partial charge in [0.25, 0.3) is 5.91 Å². The van der Waals surface area contributed by atoms with Crippen molar-refractivity contribution in [3.05, 3.63) is 46.8 Å². The number of rotatable bonds is 3. The molecule has 1 aromatic carbocycles. The molecule has 0 spiro atoms. The second kappa shape index (κ2) is 5.63. The van der Waals surface area contributed by atoms with Gasteiger partial charge in [0.1, 0.15) is 12.3 Å². The summed E-state index contributed by atoms with van der Waals surface area (Å²) in [7, 11) is 0. The maximum absolute atomic E-state index is 12.0. The van der Waals surface area contributed by atoms with Crippen LogP contribution in [-0.2, 0) is 17.8 Å². The predicted molar refractivity (Wildman–Crippen MR) is 82.8 cm³/mol. The standard InChI is InChI=1S/C16H18N4O2/c1-10-8-11(2)20(19-10)9-16(22)18-17-14-7-6-13-12(14)4-3-5-15(13)21/h3-5,8,21H,6-7,9H2,1-2H3,(H,18,22)/b17-14+. The van der Waals surface area contributed by atoms with Gasteiger partial charge in [-0.2, -0.15) is 10.2 Å². The van der Waals surface area contributed by atoms with E-state index in [1.54, 1.807) is 16.8 Å². The number of hydrogen-bond donors (Lipinski definition) is 2. The van der Waals surface area contributed by atoms with Gasteiger partial charge in [-0.25, -0.2) is 5.43 Å². The number of amides is 1. The normalized spacial score (nSPS) is 15.1. The highest BCUT2D eigenvalue weighted by atomic mass is 16.3. The molecule has 2 aromatic rings. The van der Waals surface area contributed by atoms with Crippen LogP contribution in [0, 0.1) is 13.8 Å². The van der Waals surface area contributed by atoms with Crippen molar-refractivity contribution in [1.82, 2.24) is 15.2 Å². The van der Waals surface area contributed by atoms with Crippen LogP contribution >= 0.6 is 0 Å². The minimum atomic E-state index is -0.215. The van der Waals surface area contributed by atoms with Crippen LogP contribution in [0.2, 0.25) is 0 Å². The van der Waals surface area contributed by atoms with E-state index in [1.807, 2.05) is 26.0 Å². The number of aromatic hydroxyl groups is 1. The fourth-order valence-electron chi connectivity index (χ4n) is 2.74. The molecule has 114 valence electrons. The zero-order chi connectivity index (χ0) is 15.7. The fourth-order valence-corrected chi connectivity index (χ4v) is 2.74. The molecule has 1 aromatic heterocycles. The lowest BCUT2D eigenvalue weighted by molar-refractivity contribution is -0.121. The summed E-state index contributed by atoms with van der Waals surface area (Å²) in [6, 6.07) is 7.29. The molecule has 0 fully saturated rings. The topological polar surface area (TPSA) is 79.5 Å². The molecule has 1 amide bonds. The molecule has 3 rings (SSSR count). The minimum absolute atomic E-state index is 0.142. The summed E-state index contributed by atoms with van der Waals surface area (Å²) < 4.78 is 1.65. The molecular formula is C16H18N4O2. The molecule has 2 N–H and O–H groups in total. The molecule has 6 heteroatoms. The molecule has 0 saturated heterocycles. The van der Waals surface area contributed by atoms with Crippen molar-refractivity contribution in [1.29, 1.82) is 0 Å². The number of benzene rings is 1. The van der Waals surface area contributed by atoms with E-state index in [2.05, 4.69) is 15.6 Å². The number of phenols is 1. The third kappa shape index (κ3) is 2.72. The summed E-state index contributed by atoms with van der Waals surface area (Å²) >= 11 is 0. The second-order valence-electron chi connectivity index (χ2n) is 5.48. The van der Waals surface area contributed by atoms with Gasteiger partial charge in [-0.15, -0.1) is 0 Å². The lowest BCUT2D eigenvalue weighted by atomic mass is 10.1. The third-order valence-electron chi connectivity index (χ3n) is 3.79. The van der Waals surface area contributed by atoms with Crippen LogP contribution in [0.15, 0.2) is 29.4 Å². The SMILES string of the molecule is Cc1cc(C)n(CC(=O)N/N=C2\CCc3c(O)cccc32)n1. The van der Waals surface area contributed by atoms with Gasteiger partial charge in [-0.05, 0) is 38.8 Å². The van der Waals surface area contributed by atoms with E-state index in [-0.39, 0.29) is 18.2 Å². The van der Waals surface area contributed by atoms with Crippen LogP contribution in [0.3, 0.4) is 0 Å². The van der Waals surface area contributed by atoms with E-state index in [9.17, 15) is 9.90 Å². The van der Waals surface area contributed by atoms with Crippen LogP contribution in [0.5, 0.6) is 5.75 Å². The second-order valence-corrected chi connectivity index (χ2v) is 5.48. The monoisotopic (exact) mass is 298 g/mol. The molecule has 1 heterocycles. The molecule has 0 bridgehead atoms. The molecular weight excluding hydrogens is 280 g/mol. The Labute approximate surface area is 128 Å². The van der Waals surface area contributed by atoms with Crippen LogP contribution in [0.25, 0.3) is 0 Å². The number of nitrogens with one attached hydrogen (secondary N) is 1. The number of hydrazone groups is 1. The van der Waals surface area contributed by atoms with E-state index in [0.29, 0.717) is 6.42 Å². The van der Waals surface area contributed by atoms with Crippen molar-refractivity contribution in [3.8, 4) is 5.75 Å². The molecule has 6 nitrogen and oxygen atoms in total. The maximum atomic E-state index is 12.0. The van der Waals surface area contributed by atoms with Gasteiger partial charge in [-0.3, -0.25) is 9.48 Å². The van der Waals surface area contributed by atoms with E-state index in [0.717, 1.165) is 34.6 Å². The number of fused-ring (bicyclic) bond motifs is 1. The Kier molecular flexibility index (Phi) is 3.66. The molecule has 0 aliphatic heterocycles. The number of aromatic nitrogens is 2. The minimum Gasteiger partial charge on any atom is -0.508 e. The van der Waals surface area contributed by atoms with Crippen LogP contribution in [0.1, 0.15) is 28.9 Å². The van der Waals surface area contributed by atoms with E-state index in [1.165, 1.54) is 0 Å². The van der Waals surface area contributed by atoms with Gasteiger partial charge in [0.05, 0.1) is 11.4 Å². The van der Waals surface area contributed by atoms with Crippen molar-refractivity contribution in [2.24, 2.45) is 5.10 Å². The predicted octanol–water partition coefficient (Wildman–Crippen LogP) is 1.67. The summed E-state index contributed by atoms with van der Waals surface area (Å²) in [6.07, 6.45) is 1.46. The summed E-state index contributed by atoms with van der Waals surface area (Å²) in [6.45, 7) is 3.95. The lowest BCUT2D eigenvalue weighted by Gasteiger charge is -2.05. The van der Waals surface area contributed by atoms with Crippen molar-refractivity contribution in [3.63, 3.8) is 0 Å². The zero-order valence-electron chi connectivity index (χ0n) is 12.6. The van der Waals surface area contributed by atoms with Gasteiger partial charge in [0, 0.05) is 16.8 Å². The number of phenolic OH excluding ortho intramolecular Hbond substituents is 1. The first-order valence-corrected chi connectivity index (χ1v) is 7.22.